The van der Waals surface area contributed by atoms with Crippen molar-refractivity contribution in [1.82, 2.24) is 5.32 Å². The molecule has 3 nitrogen and oxygen atoms in total. The van der Waals surface area contributed by atoms with E-state index in [0.717, 1.165) is 0 Å². The van der Waals surface area contributed by atoms with Crippen molar-refractivity contribution in [2.75, 3.05) is 7.05 Å². The Labute approximate surface area is 202 Å². The Kier molecular flexibility index (Phi) is 48.2. The van der Waals surface area contributed by atoms with Crippen LogP contribution >= 0.6 is 0 Å². The summed E-state index contributed by atoms with van der Waals surface area (Å²) in [6.45, 7) is 0. The summed E-state index contributed by atoms with van der Waals surface area (Å²) in [5.74, 6) is 0. The van der Waals surface area contributed by atoms with Crippen LogP contribution in [0.2, 0.25) is 0 Å². The Morgan fingerprint density at radius 3 is 1.78 bits per heavy atom. The molecule has 0 aromatic carbocycles. The minimum absolute atomic E-state index is 0. The third kappa shape index (κ3) is 19.2. The Bertz CT molecular complexity index is 55.0. The normalized spacial score (nSPS) is 4.67. The molecule has 0 aliphatic carbocycles. The molecule has 0 spiro atoms. The van der Waals surface area contributed by atoms with Crippen LogP contribution in [0, 0.1) is 7.11 Å². The maximum absolute atomic E-state index is 9.78. The molecule has 0 aliphatic heterocycles. The molecule has 0 rings (SSSR count). The van der Waals surface area contributed by atoms with Crippen LogP contribution in [0.3, 0.4) is 0 Å². The molecule has 9 heavy (non-hydrogen) atoms. The Balaban J connectivity index is -0.0000000417. The van der Waals surface area contributed by atoms with Crippen molar-refractivity contribution in [1.29, 1.82) is 0 Å². The van der Waals surface area contributed by atoms with Crippen LogP contribution in [-0.4, -0.2) is 13.1 Å². The predicted molar refractivity (Wildman–Crippen MR) is 20.9 cm³/mol. The van der Waals surface area contributed by atoms with Gasteiger partial charge in [0.15, 0.2) is 0 Å². The number of hydrogen-bond donors (Lipinski definition) is 1. The van der Waals surface area contributed by atoms with E-state index >= 15 is 0 Å². The van der Waals surface area contributed by atoms with Gasteiger partial charge < -0.3 is 10.1 Å². The van der Waals surface area contributed by atoms with Gasteiger partial charge in [-0.1, -0.05) is 0 Å². The zero-order chi connectivity index (χ0) is 4.99. The van der Waals surface area contributed by atoms with Crippen molar-refractivity contribution in [3.8, 4) is 0 Å². The first-order chi connectivity index (χ1) is 2.81. The van der Waals surface area contributed by atoms with Crippen LogP contribution in [0.5, 0.6) is 0 Å². The van der Waals surface area contributed by atoms with Gasteiger partial charge in [0.05, 0.1) is 0 Å². The van der Waals surface area contributed by atoms with Crippen molar-refractivity contribution < 1.29 is 184 Å². The number of carbonyl (C=O) groups excluding carboxylic acids is 1. The summed E-state index contributed by atoms with van der Waals surface area (Å²) < 4.78 is 3.90. The van der Waals surface area contributed by atoms with E-state index in [4.69, 9.17) is 0 Å². The van der Waals surface area contributed by atoms with E-state index in [2.05, 4.69) is 17.2 Å². The van der Waals surface area contributed by atoms with E-state index in [1.165, 1.54) is 7.05 Å². The Morgan fingerprint density at radius 1 is 1.44 bits per heavy atom. The maximum atomic E-state index is 9.78. The van der Waals surface area contributed by atoms with Gasteiger partial charge in [0, 0.05) is 7.05 Å². The van der Waals surface area contributed by atoms with E-state index in [9.17, 15) is 4.79 Å². The second kappa shape index (κ2) is 18.5. The van der Waals surface area contributed by atoms with Crippen LogP contribution in [0.4, 0.5) is 4.79 Å². The summed E-state index contributed by atoms with van der Waals surface area (Å²) in [4.78, 5) is 9.78. The van der Waals surface area contributed by atoms with Crippen molar-refractivity contribution in [2.24, 2.45) is 0 Å². The van der Waals surface area contributed by atoms with Gasteiger partial charge in [-0.2, -0.15) is 7.11 Å². The van der Waals surface area contributed by atoms with Gasteiger partial charge in [-0.3, -0.25) is 0 Å². The second-order valence-corrected chi connectivity index (χ2v) is 0.682. The predicted octanol–water partition coefficient (Wildman–Crippen LogP) is -8.85. The smallest absolute Gasteiger partial charge is 0.624 e. The number of rotatable bonds is 0. The summed E-state index contributed by atoms with van der Waals surface area (Å²) >= 11 is 0. The zero-order valence-electron chi connectivity index (χ0n) is 6.52. The number of ether oxygens (including phenoxy) is 1. The van der Waals surface area contributed by atoms with E-state index in [-0.39, 0.29) is 175 Å². The SMILES string of the molecule is [CH2-]OC(=O)NC.[Rb+].[Rb+].[Rb+]. The summed E-state index contributed by atoms with van der Waals surface area (Å²) in [7, 11) is 4.31. The summed E-state index contributed by atoms with van der Waals surface area (Å²) in [5, 5.41) is 2.19. The fourth-order valence-electron chi connectivity index (χ4n) is 0.0722. The van der Waals surface area contributed by atoms with Gasteiger partial charge >= 0.3 is 181 Å². The van der Waals surface area contributed by atoms with Gasteiger partial charge in [-0.15, -0.1) is 0 Å². The van der Waals surface area contributed by atoms with Crippen molar-refractivity contribution >= 4 is 6.09 Å². The van der Waals surface area contributed by atoms with Crippen LogP contribution in [-0.2, 0) is 4.74 Å². The van der Waals surface area contributed by atoms with Crippen molar-refractivity contribution in [3.05, 3.63) is 7.11 Å². The first-order valence-corrected chi connectivity index (χ1v) is 1.45. The third-order valence-corrected chi connectivity index (χ3v) is 0.335. The monoisotopic (exact) mass is 343 g/mol. The molecule has 6 heteroatoms. The van der Waals surface area contributed by atoms with Crippen molar-refractivity contribution in [3.63, 3.8) is 0 Å². The minimum atomic E-state index is -0.519. The Hall–Kier alpha value is 4.69. The molecule has 0 radical (unpaired) electrons. The molecule has 0 bridgehead atoms. The molecule has 0 saturated carbocycles. The van der Waals surface area contributed by atoms with Crippen LogP contribution in [0.1, 0.15) is 0 Å². The van der Waals surface area contributed by atoms with Gasteiger partial charge in [-0.05, 0) is 0 Å². The van der Waals surface area contributed by atoms with Gasteiger partial charge in [-0.25, -0.2) is 4.79 Å². The second-order valence-electron chi connectivity index (χ2n) is 0.682. The molecule has 0 saturated heterocycles. The van der Waals surface area contributed by atoms with Crippen LogP contribution < -0.4 is 180 Å². The first kappa shape index (κ1) is 23.5. The van der Waals surface area contributed by atoms with E-state index < -0.39 is 6.09 Å². The van der Waals surface area contributed by atoms with E-state index in [1.54, 1.807) is 0 Å². The summed E-state index contributed by atoms with van der Waals surface area (Å²) in [5.41, 5.74) is 0. The van der Waals surface area contributed by atoms with Crippen LogP contribution in [0.25, 0.3) is 0 Å². The maximum Gasteiger partial charge on any atom is 1.00 e. The van der Waals surface area contributed by atoms with Gasteiger partial charge in [0.1, 0.15) is 0 Å². The fourth-order valence-corrected chi connectivity index (χ4v) is 0.0722. The topological polar surface area (TPSA) is 38.3 Å². The summed E-state index contributed by atoms with van der Waals surface area (Å²) in [6, 6.07) is 0. The number of alkyl carbamates (subject to hydrolysis) is 1. The number of carbonyl (C=O) groups is 1. The number of nitrogens with one attached hydrogen (secondary N) is 1. The molecule has 0 aromatic heterocycles. The Morgan fingerprint density at radius 2 is 1.78 bits per heavy atom. The fraction of sp³-hybridized carbons (Fsp3) is 0.333. The zero-order valence-corrected chi connectivity index (χ0v) is 21.3. The third-order valence-electron chi connectivity index (χ3n) is 0.335. The molecular formula is C3H6NO2Rb3+2. The first-order valence-electron chi connectivity index (χ1n) is 1.45. The molecule has 1 amide bonds. The molecule has 0 fully saturated rings. The molecular weight excluding hydrogens is 338 g/mol. The molecule has 0 aromatic rings. The average molecular weight is 344 g/mol. The number of amides is 1. The molecule has 0 heterocycles. The summed E-state index contributed by atoms with van der Waals surface area (Å²) in [6.07, 6.45) is -0.519. The number of hydrogen-bond acceptors (Lipinski definition) is 2. The molecule has 0 unspecified atom stereocenters. The molecule has 36 valence electrons. The van der Waals surface area contributed by atoms with Gasteiger partial charge in [0.25, 0.3) is 0 Å². The van der Waals surface area contributed by atoms with Crippen LogP contribution in [0.15, 0.2) is 0 Å². The largest absolute Gasteiger partial charge is 1.00 e. The molecule has 0 aliphatic rings. The molecule has 1 N–H and O–H groups in total. The molecule has 0 atom stereocenters. The van der Waals surface area contributed by atoms with E-state index in [1.807, 2.05) is 0 Å². The minimum Gasteiger partial charge on any atom is -0.624 e. The van der Waals surface area contributed by atoms with Gasteiger partial charge in [0.2, 0.25) is 0 Å². The van der Waals surface area contributed by atoms with E-state index in [0.29, 0.717) is 0 Å². The average Bonchev–Trinajstić information content (AvgIpc) is 1.65. The quantitative estimate of drug-likeness (QED) is 0.443. The standard InChI is InChI=1S/C3H6NO2.3Rb/c1-4-3(5)6-2;;;/h2H2,1H3,(H,4,5);;;/q-1;3*+1. The van der Waals surface area contributed by atoms with Crippen molar-refractivity contribution in [2.45, 2.75) is 0 Å².